The van der Waals surface area contributed by atoms with E-state index in [1.165, 1.54) is 0 Å². The van der Waals surface area contributed by atoms with E-state index in [2.05, 4.69) is 0 Å². The first-order chi connectivity index (χ1) is 29.4. The zero-order chi connectivity index (χ0) is 44.3. The first kappa shape index (κ1) is 13.4. The Bertz CT molecular complexity index is 3700. The molecule has 208 valence electrons. The molecule has 10 aromatic rings. The SMILES string of the molecule is [2H]c1c(-c2c3c([2H])c([2H])c([2H])c([2H])c3c(-c3ccc4c(ccc5ccccc54)c3)c3c([2H])c([2H])c([2H])c([2H])c23)c([2H])c2c(oc3c4c([2H])c([2H])c([2H])c([2H])c4c([2H])c([2H])c32)c1[2H]. The Kier molecular flexibility index (Phi) is 2.76. The fourth-order valence-corrected chi connectivity index (χ4v) is 6.37. The first-order valence-electron chi connectivity index (χ1n) is 22.6. The molecule has 1 aromatic heterocycles. The molecule has 0 saturated carbocycles. The molecule has 0 unspecified atom stereocenters. The normalized spacial score (nSPS) is 17.3. The van der Waals surface area contributed by atoms with Crippen molar-refractivity contribution in [1.29, 1.82) is 0 Å². The second-order valence-electron chi connectivity index (χ2n) is 10.7. The minimum Gasteiger partial charge on any atom is -0.455 e. The maximum atomic E-state index is 9.78. The molecular weight excluding hydrogens is 544 g/mol. The van der Waals surface area contributed by atoms with Gasteiger partial charge >= 0.3 is 0 Å². The Morgan fingerprint density at radius 2 is 1.04 bits per heavy atom. The number of hydrogen-bond acceptors (Lipinski definition) is 1. The van der Waals surface area contributed by atoms with Crippen molar-refractivity contribution in [3.05, 3.63) is 157 Å². The van der Waals surface area contributed by atoms with Crippen LogP contribution in [0.1, 0.15) is 23.3 Å². The van der Waals surface area contributed by atoms with E-state index < -0.39 is 114 Å². The van der Waals surface area contributed by atoms with Gasteiger partial charge in [0.15, 0.2) is 0 Å². The lowest BCUT2D eigenvalue weighted by molar-refractivity contribution is 0.672. The molecule has 0 N–H and O–H groups in total. The predicted molar refractivity (Wildman–Crippen MR) is 192 cm³/mol. The van der Waals surface area contributed by atoms with Gasteiger partial charge in [-0.15, -0.1) is 0 Å². The zero-order valence-electron chi connectivity index (χ0n) is 40.1. The van der Waals surface area contributed by atoms with Gasteiger partial charge in [-0.2, -0.15) is 0 Å². The van der Waals surface area contributed by atoms with E-state index in [0.717, 1.165) is 21.5 Å². The van der Waals surface area contributed by atoms with Crippen LogP contribution >= 0.6 is 0 Å². The second kappa shape index (κ2) is 9.29. The molecule has 0 amide bonds. The lowest BCUT2D eigenvalue weighted by atomic mass is 9.85. The van der Waals surface area contributed by atoms with E-state index in [1.807, 2.05) is 42.5 Å². The summed E-state index contributed by atoms with van der Waals surface area (Å²) in [6.45, 7) is 0. The Morgan fingerprint density at radius 3 is 1.82 bits per heavy atom. The molecular formula is C44H26O. The van der Waals surface area contributed by atoms with Crippen LogP contribution in [0.4, 0.5) is 0 Å². The van der Waals surface area contributed by atoms with Crippen molar-refractivity contribution in [3.8, 4) is 22.3 Å². The average molecular weight is 588 g/mol. The van der Waals surface area contributed by atoms with E-state index in [4.69, 9.17) is 18.1 Å². The fourth-order valence-electron chi connectivity index (χ4n) is 6.37. The summed E-state index contributed by atoms with van der Waals surface area (Å²) in [5, 5.41) is 1.29. The van der Waals surface area contributed by atoms with Crippen LogP contribution in [0.3, 0.4) is 0 Å². The molecule has 1 heterocycles. The highest BCUT2D eigenvalue weighted by Gasteiger charge is 2.18. The van der Waals surface area contributed by atoms with Crippen LogP contribution in [0.25, 0.3) is 98.1 Å². The summed E-state index contributed by atoms with van der Waals surface area (Å²) in [7, 11) is 0. The van der Waals surface area contributed by atoms with Crippen LogP contribution in [-0.2, 0) is 0 Å². The lowest BCUT2D eigenvalue weighted by Crippen LogP contribution is -1.91. The van der Waals surface area contributed by atoms with Gasteiger partial charge < -0.3 is 4.42 Å². The van der Waals surface area contributed by atoms with Crippen molar-refractivity contribution in [1.82, 2.24) is 0 Å². The molecule has 0 fully saturated rings. The molecule has 9 aromatic carbocycles. The van der Waals surface area contributed by atoms with Crippen molar-refractivity contribution in [2.45, 2.75) is 0 Å². The standard InChI is InChI=1S/C44H26O/c1-3-11-32-27(9-1)17-18-29-25-30(20-22-33(29)32)42-35-13-5-7-15-37(35)43(38-16-8-6-14-36(38)42)31-21-24-41-40(26-31)39-23-19-28-10-2-4-12-34(28)44(39)45-41/h1-26H/i2D,4D,5D,6D,7D,8D,10D,12D,13D,14D,15D,16D,19D,21D,23D,24D,26D. The van der Waals surface area contributed by atoms with Gasteiger partial charge in [-0.1, -0.05) is 133 Å². The molecule has 0 aliphatic carbocycles. The van der Waals surface area contributed by atoms with Crippen LogP contribution in [-0.4, -0.2) is 0 Å². The van der Waals surface area contributed by atoms with Crippen molar-refractivity contribution < 1.29 is 27.7 Å². The zero-order valence-corrected chi connectivity index (χ0v) is 23.1. The van der Waals surface area contributed by atoms with Crippen molar-refractivity contribution in [2.75, 3.05) is 0 Å². The maximum Gasteiger partial charge on any atom is 0.143 e. The Morgan fingerprint density at radius 1 is 0.400 bits per heavy atom. The largest absolute Gasteiger partial charge is 0.455 e. The summed E-state index contributed by atoms with van der Waals surface area (Å²) in [4.78, 5) is 0. The summed E-state index contributed by atoms with van der Waals surface area (Å²) in [5.74, 6) is 0. The van der Waals surface area contributed by atoms with E-state index in [0.29, 0.717) is 5.56 Å². The highest BCUT2D eigenvalue weighted by molar-refractivity contribution is 6.23. The average Bonchev–Trinajstić information content (AvgIpc) is 3.68. The quantitative estimate of drug-likeness (QED) is 0.145. The maximum absolute atomic E-state index is 9.78. The fraction of sp³-hybridized carbons (Fsp3) is 0. The molecule has 0 bridgehead atoms. The molecule has 1 nitrogen and oxygen atoms in total. The smallest absolute Gasteiger partial charge is 0.143 e. The number of hydrogen-bond donors (Lipinski definition) is 0. The van der Waals surface area contributed by atoms with Gasteiger partial charge in [-0.3, -0.25) is 0 Å². The van der Waals surface area contributed by atoms with Gasteiger partial charge in [0.2, 0.25) is 0 Å². The first-order valence-corrected chi connectivity index (χ1v) is 14.1. The number of rotatable bonds is 2. The topological polar surface area (TPSA) is 13.1 Å². The predicted octanol–water partition coefficient (Wildman–Crippen LogP) is 12.7. The summed E-state index contributed by atoms with van der Waals surface area (Å²) >= 11 is 0. The van der Waals surface area contributed by atoms with Crippen LogP contribution in [0.5, 0.6) is 0 Å². The summed E-state index contributed by atoms with van der Waals surface area (Å²) < 4.78 is 159. The highest BCUT2D eigenvalue weighted by atomic mass is 16.3. The molecule has 0 aliphatic rings. The van der Waals surface area contributed by atoms with Crippen LogP contribution in [0.15, 0.2) is 162 Å². The van der Waals surface area contributed by atoms with Gasteiger partial charge in [-0.05, 0) is 94.9 Å². The summed E-state index contributed by atoms with van der Waals surface area (Å²) in [6, 6.07) is 5.74. The highest BCUT2D eigenvalue weighted by Crippen LogP contribution is 2.45. The second-order valence-corrected chi connectivity index (χ2v) is 10.7. The monoisotopic (exact) mass is 587 g/mol. The molecule has 0 aliphatic heterocycles. The van der Waals surface area contributed by atoms with Gasteiger partial charge in [0.05, 0.1) is 23.3 Å². The molecule has 0 radical (unpaired) electrons. The van der Waals surface area contributed by atoms with Crippen molar-refractivity contribution >= 4 is 75.8 Å². The Hall–Kier alpha value is -5.92. The van der Waals surface area contributed by atoms with Crippen LogP contribution in [0, 0.1) is 0 Å². The van der Waals surface area contributed by atoms with E-state index in [9.17, 15) is 9.60 Å². The number of fused-ring (bicyclic) bond motifs is 10. The molecule has 45 heavy (non-hydrogen) atoms. The Labute approximate surface area is 283 Å². The number of furan rings is 1. The van der Waals surface area contributed by atoms with Gasteiger partial charge in [-0.25, -0.2) is 0 Å². The Balaban J connectivity index is 1.46. The molecule has 10 rings (SSSR count). The molecule has 0 spiro atoms. The molecule has 0 atom stereocenters. The summed E-state index contributed by atoms with van der Waals surface area (Å²) in [5.41, 5.74) is -1.27. The molecule has 1 heteroatoms. The lowest BCUT2D eigenvalue weighted by Gasteiger charge is -2.18. The molecule has 0 saturated heterocycles. The van der Waals surface area contributed by atoms with Crippen LogP contribution < -0.4 is 0 Å². The van der Waals surface area contributed by atoms with Crippen molar-refractivity contribution in [3.63, 3.8) is 0 Å². The third-order valence-corrected chi connectivity index (χ3v) is 8.34. The van der Waals surface area contributed by atoms with Gasteiger partial charge in [0.1, 0.15) is 11.2 Å². The van der Waals surface area contributed by atoms with E-state index in [1.54, 1.807) is 12.1 Å². The van der Waals surface area contributed by atoms with E-state index in [-0.39, 0.29) is 59.8 Å². The van der Waals surface area contributed by atoms with Gasteiger partial charge in [0.25, 0.3) is 0 Å². The summed E-state index contributed by atoms with van der Waals surface area (Å²) in [6.07, 6.45) is 0. The third kappa shape index (κ3) is 3.56. The number of benzene rings is 9. The van der Waals surface area contributed by atoms with E-state index >= 15 is 0 Å². The minimum absolute atomic E-state index is 0.0414. The van der Waals surface area contributed by atoms with Gasteiger partial charge in [0, 0.05) is 16.2 Å². The third-order valence-electron chi connectivity index (χ3n) is 8.34. The minimum atomic E-state index is -0.738. The van der Waals surface area contributed by atoms with Crippen molar-refractivity contribution in [2.24, 2.45) is 0 Å². The van der Waals surface area contributed by atoms with Crippen LogP contribution in [0.2, 0.25) is 0 Å².